The maximum Gasteiger partial charge on any atom is 0.115 e. The first-order valence-electron chi connectivity index (χ1n) is 7.74. The molecule has 1 aliphatic heterocycles. The first-order chi connectivity index (χ1) is 10.2. The Morgan fingerprint density at radius 2 is 2.19 bits per heavy atom. The van der Waals surface area contributed by atoms with Gasteiger partial charge < -0.3 is 0 Å². The summed E-state index contributed by atoms with van der Waals surface area (Å²) in [5.41, 5.74) is 2.47. The van der Waals surface area contributed by atoms with Gasteiger partial charge in [0.2, 0.25) is 0 Å². The van der Waals surface area contributed by atoms with Gasteiger partial charge in [-0.3, -0.25) is 9.58 Å². The number of likely N-dealkylation sites (tertiary alicyclic amines) is 1. The second-order valence-corrected chi connectivity index (χ2v) is 6.07. The molecule has 1 aliphatic rings. The van der Waals surface area contributed by atoms with Gasteiger partial charge in [0.15, 0.2) is 0 Å². The molecule has 1 fully saturated rings. The van der Waals surface area contributed by atoms with Gasteiger partial charge in [-0.05, 0) is 45.4 Å². The molecule has 3 heterocycles. The Hall–Kier alpha value is -1.75. The summed E-state index contributed by atoms with van der Waals surface area (Å²) in [6.07, 6.45) is 7.85. The molecule has 0 spiro atoms. The summed E-state index contributed by atoms with van der Waals surface area (Å²) < 4.78 is 2.12. The Bertz CT molecular complexity index is 563. The summed E-state index contributed by atoms with van der Waals surface area (Å²) in [5, 5.41) is 4.43. The van der Waals surface area contributed by atoms with Crippen molar-refractivity contribution in [3.05, 3.63) is 42.2 Å². The minimum absolute atomic E-state index is 0.414. The van der Waals surface area contributed by atoms with E-state index in [4.69, 9.17) is 0 Å². The third-order valence-electron chi connectivity index (χ3n) is 4.16. The van der Waals surface area contributed by atoms with Crippen LogP contribution in [0.25, 0.3) is 0 Å². The highest BCUT2D eigenvalue weighted by Crippen LogP contribution is 2.26. The lowest BCUT2D eigenvalue weighted by atomic mass is 9.94. The van der Waals surface area contributed by atoms with Gasteiger partial charge in [-0.15, -0.1) is 0 Å². The molecule has 5 heteroatoms. The van der Waals surface area contributed by atoms with Crippen molar-refractivity contribution in [1.29, 1.82) is 0 Å². The molecule has 3 rings (SSSR count). The molecular weight excluding hydrogens is 262 g/mol. The van der Waals surface area contributed by atoms with Crippen molar-refractivity contribution in [3.63, 3.8) is 0 Å². The first-order valence-corrected chi connectivity index (χ1v) is 7.74. The molecule has 0 unspecified atom stereocenters. The van der Waals surface area contributed by atoms with Crippen LogP contribution in [0.5, 0.6) is 0 Å². The van der Waals surface area contributed by atoms with E-state index in [9.17, 15) is 0 Å². The minimum Gasteiger partial charge on any atom is -0.297 e. The second kappa shape index (κ2) is 6.35. The highest BCUT2D eigenvalue weighted by Gasteiger charge is 2.23. The van der Waals surface area contributed by atoms with Crippen LogP contribution in [-0.2, 0) is 6.54 Å². The lowest BCUT2D eigenvalue weighted by molar-refractivity contribution is 0.192. The van der Waals surface area contributed by atoms with Crippen molar-refractivity contribution in [2.75, 3.05) is 13.1 Å². The Morgan fingerprint density at radius 1 is 1.29 bits per heavy atom. The number of piperidine rings is 1. The van der Waals surface area contributed by atoms with Crippen LogP contribution in [0, 0.1) is 0 Å². The zero-order valence-electron chi connectivity index (χ0n) is 12.8. The molecule has 5 nitrogen and oxygen atoms in total. The van der Waals surface area contributed by atoms with Crippen LogP contribution < -0.4 is 0 Å². The molecule has 0 radical (unpaired) electrons. The van der Waals surface area contributed by atoms with Crippen LogP contribution in [0.4, 0.5) is 0 Å². The van der Waals surface area contributed by atoms with Crippen molar-refractivity contribution in [3.8, 4) is 0 Å². The molecule has 112 valence electrons. The van der Waals surface area contributed by atoms with Crippen LogP contribution in [0.3, 0.4) is 0 Å². The largest absolute Gasteiger partial charge is 0.297 e. The van der Waals surface area contributed by atoms with Crippen LogP contribution in [0.2, 0.25) is 0 Å². The van der Waals surface area contributed by atoms with Gasteiger partial charge in [-0.2, -0.15) is 5.10 Å². The van der Waals surface area contributed by atoms with E-state index >= 15 is 0 Å². The fraction of sp³-hybridized carbons (Fsp3) is 0.562. The Kier molecular flexibility index (Phi) is 4.29. The molecule has 0 bridgehead atoms. The van der Waals surface area contributed by atoms with Gasteiger partial charge in [-0.25, -0.2) is 9.97 Å². The van der Waals surface area contributed by atoms with Gasteiger partial charge >= 0.3 is 0 Å². The fourth-order valence-corrected chi connectivity index (χ4v) is 3.14. The molecule has 0 saturated carbocycles. The molecule has 1 saturated heterocycles. The summed E-state index contributed by atoms with van der Waals surface area (Å²) >= 11 is 0. The number of nitrogens with zero attached hydrogens (tertiary/aromatic N) is 5. The molecule has 0 aromatic carbocycles. The number of rotatable bonds is 4. The van der Waals surface area contributed by atoms with Gasteiger partial charge in [0, 0.05) is 43.1 Å². The Labute approximate surface area is 126 Å². The predicted octanol–water partition coefficient (Wildman–Crippen LogP) is 2.63. The van der Waals surface area contributed by atoms with E-state index in [0.29, 0.717) is 12.0 Å². The zero-order chi connectivity index (χ0) is 14.7. The zero-order valence-corrected chi connectivity index (χ0v) is 12.8. The van der Waals surface area contributed by atoms with Crippen molar-refractivity contribution in [2.24, 2.45) is 0 Å². The SMILES string of the molecule is CC(C)n1nccc1CN1CCC[C@@H](c2ccncn2)C1. The van der Waals surface area contributed by atoms with Crippen LogP contribution in [0.1, 0.15) is 50.0 Å². The minimum atomic E-state index is 0.414. The highest BCUT2D eigenvalue weighted by atomic mass is 15.3. The van der Waals surface area contributed by atoms with Crippen molar-refractivity contribution in [2.45, 2.75) is 45.2 Å². The van der Waals surface area contributed by atoms with Crippen LogP contribution in [0.15, 0.2) is 30.9 Å². The lowest BCUT2D eigenvalue weighted by Gasteiger charge is -2.32. The highest BCUT2D eigenvalue weighted by molar-refractivity contribution is 5.09. The van der Waals surface area contributed by atoms with Crippen LogP contribution >= 0.6 is 0 Å². The number of aromatic nitrogens is 4. The molecule has 0 aliphatic carbocycles. The summed E-state index contributed by atoms with van der Waals surface area (Å²) in [5.74, 6) is 0.525. The summed E-state index contributed by atoms with van der Waals surface area (Å²) in [4.78, 5) is 11.0. The fourth-order valence-electron chi connectivity index (χ4n) is 3.14. The lowest BCUT2D eigenvalue weighted by Crippen LogP contribution is -2.35. The summed E-state index contributed by atoms with van der Waals surface area (Å²) in [7, 11) is 0. The van der Waals surface area contributed by atoms with E-state index in [1.54, 1.807) is 6.33 Å². The predicted molar refractivity (Wildman–Crippen MR) is 81.9 cm³/mol. The van der Waals surface area contributed by atoms with E-state index in [1.165, 1.54) is 24.2 Å². The molecule has 0 amide bonds. The summed E-state index contributed by atoms with van der Waals surface area (Å²) in [6.45, 7) is 7.55. The quantitative estimate of drug-likeness (QED) is 0.866. The van der Waals surface area contributed by atoms with Gasteiger partial charge in [-0.1, -0.05) is 0 Å². The maximum atomic E-state index is 4.43. The Morgan fingerprint density at radius 3 is 2.95 bits per heavy atom. The first kappa shape index (κ1) is 14.2. The van der Waals surface area contributed by atoms with E-state index in [1.807, 2.05) is 18.5 Å². The van der Waals surface area contributed by atoms with Crippen molar-refractivity contribution >= 4 is 0 Å². The Balaban J connectivity index is 1.68. The monoisotopic (exact) mass is 285 g/mol. The average molecular weight is 285 g/mol. The number of hydrogen-bond donors (Lipinski definition) is 0. The van der Waals surface area contributed by atoms with Crippen molar-refractivity contribution < 1.29 is 0 Å². The molecule has 2 aromatic rings. The van der Waals surface area contributed by atoms with E-state index in [2.05, 4.69) is 44.6 Å². The van der Waals surface area contributed by atoms with Gasteiger partial charge in [0.1, 0.15) is 6.33 Å². The second-order valence-electron chi connectivity index (χ2n) is 6.07. The topological polar surface area (TPSA) is 46.8 Å². The van der Waals surface area contributed by atoms with E-state index in [-0.39, 0.29) is 0 Å². The normalized spacial score (nSPS) is 20.0. The molecule has 1 atom stereocenters. The van der Waals surface area contributed by atoms with Gasteiger partial charge in [0.05, 0.1) is 5.69 Å². The summed E-state index contributed by atoms with van der Waals surface area (Å²) in [6, 6.07) is 4.60. The molecule has 0 N–H and O–H groups in total. The smallest absolute Gasteiger partial charge is 0.115 e. The standard InChI is InChI=1S/C16H23N5/c1-13(2)21-15(5-8-19-21)11-20-9-3-4-14(10-20)16-6-7-17-12-18-16/h5-8,12-14H,3-4,9-11H2,1-2H3/t14-/m1/s1. The maximum absolute atomic E-state index is 4.43. The average Bonchev–Trinajstić information content (AvgIpc) is 2.97. The van der Waals surface area contributed by atoms with E-state index < -0.39 is 0 Å². The molecule has 2 aromatic heterocycles. The number of hydrogen-bond acceptors (Lipinski definition) is 4. The van der Waals surface area contributed by atoms with Crippen molar-refractivity contribution in [1.82, 2.24) is 24.6 Å². The van der Waals surface area contributed by atoms with E-state index in [0.717, 1.165) is 19.6 Å². The van der Waals surface area contributed by atoms with Crippen LogP contribution in [-0.4, -0.2) is 37.7 Å². The molecule has 21 heavy (non-hydrogen) atoms. The third kappa shape index (κ3) is 3.29. The third-order valence-corrected chi connectivity index (χ3v) is 4.16. The van der Waals surface area contributed by atoms with Gasteiger partial charge in [0.25, 0.3) is 0 Å². The molecular formula is C16H23N5.